The molecule has 0 spiro atoms. The van der Waals surface area contributed by atoms with Crippen LogP contribution in [0.15, 0.2) is 54.7 Å². The van der Waals surface area contributed by atoms with E-state index in [4.69, 9.17) is 5.11 Å². The van der Waals surface area contributed by atoms with E-state index in [1.807, 2.05) is 13.1 Å². The van der Waals surface area contributed by atoms with Crippen LogP contribution >= 0.6 is 0 Å². The summed E-state index contributed by atoms with van der Waals surface area (Å²) in [6.07, 6.45) is 2.13. The molecule has 30 heavy (non-hydrogen) atoms. The second kappa shape index (κ2) is 8.96. The van der Waals surface area contributed by atoms with E-state index >= 15 is 0 Å². The lowest BCUT2D eigenvalue weighted by atomic mass is 9.97. The van der Waals surface area contributed by atoms with E-state index < -0.39 is 6.10 Å². The fraction of sp³-hybridized carbons (Fsp3) is 0.320. The van der Waals surface area contributed by atoms with E-state index in [0.717, 1.165) is 47.7 Å². The lowest BCUT2D eigenvalue weighted by molar-refractivity contribution is 0.0551. The highest BCUT2D eigenvalue weighted by Crippen LogP contribution is 2.31. The Hall–Kier alpha value is -2.73. The van der Waals surface area contributed by atoms with E-state index in [9.17, 15) is 5.11 Å². The van der Waals surface area contributed by atoms with Crippen LogP contribution < -0.4 is 5.32 Å². The predicted octanol–water partition coefficient (Wildman–Crippen LogP) is 3.82. The summed E-state index contributed by atoms with van der Waals surface area (Å²) in [5.41, 5.74) is 9.23. The minimum atomic E-state index is -0.686. The van der Waals surface area contributed by atoms with E-state index in [1.54, 1.807) is 0 Å². The van der Waals surface area contributed by atoms with Crippen LogP contribution in [0.2, 0.25) is 0 Å². The third-order valence-corrected chi connectivity index (χ3v) is 5.73. The van der Waals surface area contributed by atoms with Crippen LogP contribution in [0.1, 0.15) is 22.3 Å². The zero-order valence-electron chi connectivity index (χ0n) is 17.6. The molecule has 0 saturated heterocycles. The van der Waals surface area contributed by atoms with Crippen molar-refractivity contribution < 1.29 is 10.2 Å². The highest BCUT2D eigenvalue weighted by molar-refractivity contribution is 5.73. The van der Waals surface area contributed by atoms with Crippen molar-refractivity contribution >= 4 is 11.4 Å². The molecular weight excluding hydrogens is 374 g/mol. The first kappa shape index (κ1) is 20.5. The van der Waals surface area contributed by atoms with Gasteiger partial charge in [-0.3, -0.25) is 9.88 Å². The minimum Gasteiger partial charge on any atom is -0.394 e. The Kier molecular flexibility index (Phi) is 6.13. The summed E-state index contributed by atoms with van der Waals surface area (Å²) in [4.78, 5) is 6.79. The van der Waals surface area contributed by atoms with Gasteiger partial charge in [-0.2, -0.15) is 0 Å². The number of hydrogen-bond acceptors (Lipinski definition) is 5. The molecule has 3 aromatic rings. The van der Waals surface area contributed by atoms with Gasteiger partial charge in [-0.15, -0.1) is 0 Å². The fourth-order valence-electron chi connectivity index (χ4n) is 4.05. The summed E-state index contributed by atoms with van der Waals surface area (Å²) in [6, 6.07) is 16.9. The first-order valence-corrected chi connectivity index (χ1v) is 10.5. The number of fused-ring (bicyclic) bond motifs is 1. The van der Waals surface area contributed by atoms with Gasteiger partial charge in [-0.1, -0.05) is 24.3 Å². The lowest BCUT2D eigenvalue weighted by Crippen LogP contribution is -2.38. The molecule has 1 aliphatic rings. The maximum atomic E-state index is 9.76. The van der Waals surface area contributed by atoms with Crippen LogP contribution in [0.25, 0.3) is 11.3 Å². The lowest BCUT2D eigenvalue weighted by Gasteiger charge is -2.31. The smallest absolute Gasteiger partial charge is 0.0897 e. The third kappa shape index (κ3) is 4.54. The molecule has 2 aromatic carbocycles. The molecule has 2 heterocycles. The van der Waals surface area contributed by atoms with Crippen molar-refractivity contribution in [3.05, 3.63) is 77.0 Å². The van der Waals surface area contributed by atoms with Crippen LogP contribution in [-0.2, 0) is 13.0 Å². The van der Waals surface area contributed by atoms with Gasteiger partial charge >= 0.3 is 0 Å². The van der Waals surface area contributed by atoms with Crippen molar-refractivity contribution in [2.45, 2.75) is 32.9 Å². The Morgan fingerprint density at radius 3 is 2.77 bits per heavy atom. The minimum absolute atomic E-state index is 0.198. The van der Waals surface area contributed by atoms with Crippen LogP contribution in [-0.4, -0.2) is 45.9 Å². The quantitative estimate of drug-likeness (QED) is 0.584. The number of aromatic nitrogens is 1. The number of benzene rings is 2. The van der Waals surface area contributed by atoms with Crippen LogP contribution in [0, 0.1) is 13.8 Å². The number of aryl methyl sites for hydroxylation is 2. The van der Waals surface area contributed by atoms with E-state index in [-0.39, 0.29) is 6.61 Å². The molecule has 0 saturated carbocycles. The number of anilines is 2. The van der Waals surface area contributed by atoms with E-state index in [0.29, 0.717) is 6.54 Å². The number of nitrogens with one attached hydrogen (secondary N) is 1. The standard InChI is InChI=1S/C25H29N3O2/c1-17-6-9-24(26-13-17)23-12-20(8-7-18(23)2)27-25-5-3-4-19-14-28(11-10-22(19)25)15-21(30)16-29/h3-9,12-13,21,27,29-30H,10-11,14-16H2,1-2H3/t21-/m0/s1. The summed E-state index contributed by atoms with van der Waals surface area (Å²) in [5, 5.41) is 22.5. The SMILES string of the molecule is Cc1ccc(-c2cc(Nc3cccc4c3CCN(C[C@H](O)CO)C4)ccc2C)nc1. The first-order chi connectivity index (χ1) is 14.5. The molecule has 5 heteroatoms. The molecule has 0 aliphatic carbocycles. The van der Waals surface area contributed by atoms with Gasteiger partial charge in [0.05, 0.1) is 18.4 Å². The Balaban J connectivity index is 1.57. The zero-order valence-corrected chi connectivity index (χ0v) is 17.6. The Morgan fingerprint density at radius 2 is 2.00 bits per heavy atom. The normalized spacial score (nSPS) is 14.9. The molecule has 1 aromatic heterocycles. The maximum absolute atomic E-state index is 9.76. The van der Waals surface area contributed by atoms with Crippen molar-refractivity contribution in [3.63, 3.8) is 0 Å². The van der Waals surface area contributed by atoms with Crippen LogP contribution in [0.4, 0.5) is 11.4 Å². The molecule has 0 radical (unpaired) electrons. The van der Waals surface area contributed by atoms with Gasteiger partial charge in [0.2, 0.25) is 0 Å². The number of β-amino-alcohol motifs (C(OH)–C–C–N with tert-alkyl or cyclic N) is 1. The summed E-state index contributed by atoms with van der Waals surface area (Å²) in [5.74, 6) is 0. The molecule has 0 fully saturated rings. The highest BCUT2D eigenvalue weighted by Gasteiger charge is 2.20. The third-order valence-electron chi connectivity index (χ3n) is 5.73. The summed E-state index contributed by atoms with van der Waals surface area (Å²) in [7, 11) is 0. The zero-order chi connectivity index (χ0) is 21.1. The van der Waals surface area contributed by atoms with Crippen molar-refractivity contribution in [1.29, 1.82) is 0 Å². The molecule has 4 rings (SSSR count). The molecule has 0 bridgehead atoms. The maximum Gasteiger partial charge on any atom is 0.0897 e. The van der Waals surface area contributed by atoms with Gasteiger partial charge in [0.1, 0.15) is 0 Å². The molecule has 0 amide bonds. The Morgan fingerprint density at radius 1 is 1.13 bits per heavy atom. The van der Waals surface area contributed by atoms with Gasteiger partial charge in [0.15, 0.2) is 0 Å². The van der Waals surface area contributed by atoms with Gasteiger partial charge in [0, 0.05) is 42.8 Å². The molecule has 156 valence electrons. The average molecular weight is 404 g/mol. The van der Waals surface area contributed by atoms with Crippen molar-refractivity contribution in [2.24, 2.45) is 0 Å². The van der Waals surface area contributed by atoms with Gasteiger partial charge < -0.3 is 15.5 Å². The number of nitrogens with zero attached hydrogens (tertiary/aromatic N) is 2. The van der Waals surface area contributed by atoms with Gasteiger partial charge in [-0.25, -0.2) is 0 Å². The Labute approximate surface area is 178 Å². The fourth-order valence-corrected chi connectivity index (χ4v) is 4.05. The van der Waals surface area contributed by atoms with Gasteiger partial charge in [0.25, 0.3) is 0 Å². The van der Waals surface area contributed by atoms with Crippen LogP contribution in [0.3, 0.4) is 0 Å². The number of rotatable bonds is 6. The van der Waals surface area contributed by atoms with Crippen LogP contribution in [0.5, 0.6) is 0 Å². The first-order valence-electron chi connectivity index (χ1n) is 10.5. The molecule has 3 N–H and O–H groups in total. The average Bonchev–Trinajstić information content (AvgIpc) is 2.75. The number of hydrogen-bond donors (Lipinski definition) is 3. The number of aliphatic hydroxyl groups is 2. The molecule has 1 atom stereocenters. The largest absolute Gasteiger partial charge is 0.394 e. The van der Waals surface area contributed by atoms with Gasteiger partial charge in [-0.05, 0) is 66.8 Å². The summed E-state index contributed by atoms with van der Waals surface area (Å²) in [6.45, 7) is 6.12. The topological polar surface area (TPSA) is 68.6 Å². The summed E-state index contributed by atoms with van der Waals surface area (Å²) < 4.78 is 0. The second-order valence-electron chi connectivity index (χ2n) is 8.14. The second-order valence-corrected chi connectivity index (χ2v) is 8.14. The number of pyridine rings is 1. The van der Waals surface area contributed by atoms with Crippen molar-refractivity contribution in [3.8, 4) is 11.3 Å². The number of aliphatic hydroxyl groups excluding tert-OH is 2. The molecule has 5 nitrogen and oxygen atoms in total. The highest BCUT2D eigenvalue weighted by atomic mass is 16.3. The van der Waals surface area contributed by atoms with Crippen molar-refractivity contribution in [2.75, 3.05) is 25.0 Å². The predicted molar refractivity (Wildman–Crippen MR) is 121 cm³/mol. The molecular formula is C25H29N3O2. The Bertz CT molecular complexity index is 1020. The summed E-state index contributed by atoms with van der Waals surface area (Å²) >= 11 is 0. The van der Waals surface area contributed by atoms with E-state index in [2.05, 4.69) is 70.7 Å². The monoisotopic (exact) mass is 403 g/mol. The van der Waals surface area contributed by atoms with Crippen molar-refractivity contribution in [1.82, 2.24) is 9.88 Å². The molecule has 1 aliphatic heterocycles. The molecule has 0 unspecified atom stereocenters. The van der Waals surface area contributed by atoms with E-state index in [1.165, 1.54) is 16.7 Å².